The molecule has 0 saturated carbocycles. The van der Waals surface area contributed by atoms with Gasteiger partial charge in [0.05, 0.1) is 6.20 Å². The van der Waals surface area contributed by atoms with Crippen molar-refractivity contribution in [2.24, 2.45) is 0 Å². The Morgan fingerprint density at radius 3 is 2.77 bits per heavy atom. The van der Waals surface area contributed by atoms with E-state index in [-0.39, 0.29) is 0 Å². The zero-order valence-corrected chi connectivity index (χ0v) is 7.36. The quantitative estimate of drug-likeness (QED) is 0.654. The predicted octanol–water partition coefficient (Wildman–Crippen LogP) is 2.25. The third-order valence-corrected chi connectivity index (χ3v) is 1.90. The summed E-state index contributed by atoms with van der Waals surface area (Å²) in [6, 6.07) is 9.75. The van der Waals surface area contributed by atoms with Crippen LogP contribution in [0.3, 0.4) is 0 Å². The van der Waals surface area contributed by atoms with Crippen molar-refractivity contribution >= 4 is 0 Å². The van der Waals surface area contributed by atoms with Crippen molar-refractivity contribution in [1.82, 2.24) is 9.97 Å². The lowest BCUT2D eigenvalue weighted by molar-refractivity contribution is 1.16. The second-order valence-corrected chi connectivity index (χ2v) is 2.82. The van der Waals surface area contributed by atoms with Gasteiger partial charge in [0.15, 0.2) is 5.82 Å². The van der Waals surface area contributed by atoms with E-state index >= 15 is 0 Å². The lowest BCUT2D eigenvalue weighted by Crippen LogP contribution is -1.89. The number of benzene rings is 1. The van der Waals surface area contributed by atoms with Crippen LogP contribution in [-0.2, 0) is 0 Å². The fourth-order valence-electron chi connectivity index (χ4n) is 1.22. The third kappa shape index (κ3) is 1.56. The molecule has 0 aliphatic rings. The van der Waals surface area contributed by atoms with Gasteiger partial charge >= 0.3 is 0 Å². The maximum atomic E-state index is 4.17. The van der Waals surface area contributed by atoms with E-state index in [1.165, 1.54) is 5.56 Å². The molecule has 1 heterocycles. The molecule has 63 valence electrons. The van der Waals surface area contributed by atoms with Crippen molar-refractivity contribution < 1.29 is 0 Å². The molecule has 0 spiro atoms. The summed E-state index contributed by atoms with van der Waals surface area (Å²) in [6.07, 6.45) is 4.48. The Labute approximate surface area is 77.3 Å². The zero-order valence-electron chi connectivity index (χ0n) is 7.36. The van der Waals surface area contributed by atoms with Gasteiger partial charge < -0.3 is 0 Å². The number of aromatic nitrogens is 2. The van der Waals surface area contributed by atoms with Gasteiger partial charge in [0, 0.05) is 11.8 Å². The molecule has 0 N–H and O–H groups in total. The summed E-state index contributed by atoms with van der Waals surface area (Å²) in [5.41, 5.74) is 2.25. The maximum Gasteiger partial charge on any atom is 0.160 e. The third-order valence-electron chi connectivity index (χ3n) is 1.90. The topological polar surface area (TPSA) is 25.8 Å². The number of hydrogen-bond donors (Lipinski definition) is 0. The molecule has 0 bridgehead atoms. The summed E-state index contributed by atoms with van der Waals surface area (Å²) in [7, 11) is 0. The molecule has 1 radical (unpaired) electrons. The van der Waals surface area contributed by atoms with Crippen molar-refractivity contribution in [3.63, 3.8) is 0 Å². The maximum absolute atomic E-state index is 4.17. The molecule has 13 heavy (non-hydrogen) atoms. The lowest BCUT2D eigenvalue weighted by Gasteiger charge is -2.01. The first-order chi connectivity index (χ1) is 6.38. The highest BCUT2D eigenvalue weighted by molar-refractivity contribution is 5.58. The summed E-state index contributed by atoms with van der Waals surface area (Å²) in [6.45, 7) is 2.05. The normalized spacial score (nSPS) is 9.92. The molecule has 2 aromatic rings. The van der Waals surface area contributed by atoms with Crippen LogP contribution in [0.1, 0.15) is 5.56 Å². The van der Waals surface area contributed by atoms with Crippen molar-refractivity contribution in [2.45, 2.75) is 6.92 Å². The lowest BCUT2D eigenvalue weighted by atomic mass is 10.1. The zero-order chi connectivity index (χ0) is 9.10. The average Bonchev–Trinajstić information content (AvgIpc) is 2.20. The molecule has 0 atom stereocenters. The van der Waals surface area contributed by atoms with Gasteiger partial charge in [0.2, 0.25) is 0 Å². The first-order valence-corrected chi connectivity index (χ1v) is 4.13. The van der Waals surface area contributed by atoms with E-state index in [2.05, 4.69) is 16.2 Å². The number of hydrogen-bond acceptors (Lipinski definition) is 2. The first-order valence-electron chi connectivity index (χ1n) is 4.13. The fraction of sp³-hybridized carbons (Fsp3) is 0.0909. The second kappa shape index (κ2) is 3.35. The molecule has 1 aromatic heterocycles. The monoisotopic (exact) mass is 169 g/mol. The van der Waals surface area contributed by atoms with E-state index in [4.69, 9.17) is 0 Å². The van der Waals surface area contributed by atoms with Gasteiger partial charge in [-0.15, -0.1) is 0 Å². The molecule has 2 nitrogen and oxygen atoms in total. The molecule has 0 aliphatic heterocycles. The van der Waals surface area contributed by atoms with Crippen LogP contribution < -0.4 is 0 Å². The summed E-state index contributed by atoms with van der Waals surface area (Å²) >= 11 is 0. The van der Waals surface area contributed by atoms with Crippen LogP contribution in [0.25, 0.3) is 11.4 Å². The first kappa shape index (κ1) is 7.92. The Morgan fingerprint density at radius 2 is 2.08 bits per heavy atom. The van der Waals surface area contributed by atoms with E-state index in [9.17, 15) is 0 Å². The van der Waals surface area contributed by atoms with Crippen LogP contribution >= 0.6 is 0 Å². The van der Waals surface area contributed by atoms with E-state index in [1.54, 1.807) is 12.3 Å². The van der Waals surface area contributed by atoms with Crippen LogP contribution in [0.4, 0.5) is 0 Å². The van der Waals surface area contributed by atoms with Gasteiger partial charge in [-0.1, -0.05) is 24.3 Å². The van der Waals surface area contributed by atoms with Crippen LogP contribution in [-0.4, -0.2) is 9.97 Å². The predicted molar refractivity (Wildman–Crippen MR) is 51.0 cm³/mol. The molecule has 2 rings (SSSR count). The fourth-order valence-corrected chi connectivity index (χ4v) is 1.22. The summed E-state index contributed by atoms with van der Waals surface area (Å²) < 4.78 is 0. The molecule has 1 aromatic carbocycles. The number of aryl methyl sites for hydroxylation is 1. The van der Waals surface area contributed by atoms with Crippen molar-refractivity contribution in [1.29, 1.82) is 0 Å². The van der Waals surface area contributed by atoms with Crippen molar-refractivity contribution in [3.05, 3.63) is 48.3 Å². The molecular formula is C11H9N2. The number of rotatable bonds is 1. The minimum Gasteiger partial charge on any atom is -0.237 e. The SMILES string of the molecule is Cc1ccccc1-c1n[c]ccn1. The van der Waals surface area contributed by atoms with E-state index < -0.39 is 0 Å². The largest absolute Gasteiger partial charge is 0.237 e. The van der Waals surface area contributed by atoms with Gasteiger partial charge in [-0.25, -0.2) is 9.97 Å². The van der Waals surface area contributed by atoms with Gasteiger partial charge in [-0.05, 0) is 18.6 Å². The van der Waals surface area contributed by atoms with E-state index in [1.807, 2.05) is 31.2 Å². The highest BCUT2D eigenvalue weighted by Crippen LogP contribution is 2.17. The van der Waals surface area contributed by atoms with Gasteiger partial charge in [-0.3, -0.25) is 0 Å². The number of nitrogens with zero attached hydrogens (tertiary/aromatic N) is 2. The Kier molecular flexibility index (Phi) is 2.04. The molecule has 0 saturated heterocycles. The van der Waals surface area contributed by atoms with Crippen LogP contribution in [0.15, 0.2) is 36.5 Å². The smallest absolute Gasteiger partial charge is 0.160 e. The van der Waals surface area contributed by atoms with Crippen LogP contribution in [0, 0.1) is 13.1 Å². The molecule has 0 amide bonds. The van der Waals surface area contributed by atoms with Gasteiger partial charge in [0.25, 0.3) is 0 Å². The highest BCUT2D eigenvalue weighted by Gasteiger charge is 2.01. The van der Waals surface area contributed by atoms with Crippen LogP contribution in [0.5, 0.6) is 0 Å². The van der Waals surface area contributed by atoms with Gasteiger partial charge in [0.1, 0.15) is 0 Å². The van der Waals surface area contributed by atoms with E-state index in [0.717, 1.165) is 11.4 Å². The second-order valence-electron chi connectivity index (χ2n) is 2.82. The molecule has 2 heteroatoms. The van der Waals surface area contributed by atoms with Crippen LogP contribution in [0.2, 0.25) is 0 Å². The minimum absolute atomic E-state index is 0.737. The minimum atomic E-state index is 0.737. The summed E-state index contributed by atoms with van der Waals surface area (Å²) in [5.74, 6) is 0.737. The van der Waals surface area contributed by atoms with E-state index in [0.29, 0.717) is 0 Å². The Balaban J connectivity index is 2.54. The molecule has 0 unspecified atom stereocenters. The average molecular weight is 169 g/mol. The molecule has 0 fully saturated rings. The molecular weight excluding hydrogens is 160 g/mol. The highest BCUT2D eigenvalue weighted by atomic mass is 14.8. The van der Waals surface area contributed by atoms with Gasteiger partial charge in [-0.2, -0.15) is 0 Å². The molecule has 0 aliphatic carbocycles. The Morgan fingerprint density at radius 1 is 1.23 bits per heavy atom. The summed E-state index contributed by atoms with van der Waals surface area (Å²) in [5, 5.41) is 0. The summed E-state index contributed by atoms with van der Waals surface area (Å²) in [4.78, 5) is 8.24. The standard InChI is InChI=1S/C11H9N2/c1-9-5-2-3-6-10(9)11-12-7-4-8-13-11/h2-7H,1H3. The Bertz CT molecular complexity index is 396. The van der Waals surface area contributed by atoms with Crippen molar-refractivity contribution in [3.8, 4) is 11.4 Å². The van der Waals surface area contributed by atoms with Crippen molar-refractivity contribution in [2.75, 3.05) is 0 Å². The Hall–Kier alpha value is -1.70.